The van der Waals surface area contributed by atoms with Crippen molar-refractivity contribution in [3.8, 4) is 0 Å². The Bertz CT molecular complexity index is 514. The molecule has 0 aliphatic heterocycles. The second kappa shape index (κ2) is 8.14. The van der Waals surface area contributed by atoms with Crippen LogP contribution in [0.4, 0.5) is 0 Å². The molecule has 0 spiro atoms. The zero-order chi connectivity index (χ0) is 15.2. The van der Waals surface area contributed by atoms with Gasteiger partial charge in [-0.1, -0.05) is 36.2 Å². The minimum absolute atomic E-state index is 0.122. The molecule has 0 bridgehead atoms. The number of rotatable bonds is 9. The average Bonchev–Trinajstić information content (AvgIpc) is 2.77. The molecule has 0 saturated carbocycles. The second-order valence-corrected chi connectivity index (χ2v) is 7.43. The Labute approximate surface area is 130 Å². The number of nitrogens with zero attached hydrogens (tertiary/aromatic N) is 2. The molecule has 20 heavy (non-hydrogen) atoms. The summed E-state index contributed by atoms with van der Waals surface area (Å²) in [7, 11) is -3.50. The number of sulfonamides is 1. The van der Waals surface area contributed by atoms with Gasteiger partial charge in [0.15, 0.2) is 5.03 Å². The van der Waals surface area contributed by atoms with E-state index in [9.17, 15) is 8.42 Å². The van der Waals surface area contributed by atoms with Gasteiger partial charge in [-0.3, -0.25) is 0 Å². The van der Waals surface area contributed by atoms with Crippen molar-refractivity contribution in [1.82, 2.24) is 14.3 Å². The molecule has 1 atom stereocenters. The minimum Gasteiger partial charge on any atom is -0.334 e. The molecular formula is C13H24BrN3O2S. The van der Waals surface area contributed by atoms with Gasteiger partial charge >= 0.3 is 0 Å². The van der Waals surface area contributed by atoms with Gasteiger partial charge in [-0.15, -0.1) is 0 Å². The van der Waals surface area contributed by atoms with Crippen molar-refractivity contribution in [2.45, 2.75) is 51.6 Å². The van der Waals surface area contributed by atoms with E-state index < -0.39 is 10.0 Å². The third kappa shape index (κ3) is 4.86. The molecule has 116 valence electrons. The van der Waals surface area contributed by atoms with E-state index in [1.54, 1.807) is 6.20 Å². The van der Waals surface area contributed by atoms with Gasteiger partial charge in [0, 0.05) is 24.6 Å². The molecular weight excluding hydrogens is 342 g/mol. The molecule has 0 aliphatic carbocycles. The normalized spacial score (nSPS) is 13.6. The van der Waals surface area contributed by atoms with E-state index in [0.717, 1.165) is 37.0 Å². The number of hydrogen-bond donors (Lipinski definition) is 1. The van der Waals surface area contributed by atoms with Crippen molar-refractivity contribution in [2.75, 3.05) is 11.9 Å². The summed E-state index contributed by atoms with van der Waals surface area (Å²) >= 11 is 3.39. The molecule has 5 nitrogen and oxygen atoms in total. The SMILES string of the molecule is CCCn1cc(S(=O)(=O)NCC(CC)CCBr)nc1C. The Morgan fingerprint density at radius 1 is 1.45 bits per heavy atom. The summed E-state index contributed by atoms with van der Waals surface area (Å²) < 4.78 is 29.0. The zero-order valence-electron chi connectivity index (χ0n) is 12.4. The molecule has 0 fully saturated rings. The highest BCUT2D eigenvalue weighted by atomic mass is 79.9. The predicted octanol–water partition coefficient (Wildman–Crippen LogP) is 2.69. The first kappa shape index (κ1) is 17.7. The van der Waals surface area contributed by atoms with Crippen LogP contribution in [0.15, 0.2) is 11.2 Å². The molecule has 7 heteroatoms. The van der Waals surface area contributed by atoms with Crippen LogP contribution in [0, 0.1) is 12.8 Å². The van der Waals surface area contributed by atoms with Gasteiger partial charge in [0.1, 0.15) is 5.82 Å². The Hall–Kier alpha value is -0.400. The lowest BCUT2D eigenvalue weighted by molar-refractivity contribution is 0.482. The van der Waals surface area contributed by atoms with Gasteiger partial charge in [0.2, 0.25) is 0 Å². The second-order valence-electron chi connectivity index (χ2n) is 4.92. The standard InChI is InChI=1S/C13H24BrN3O2S/c1-4-8-17-10-13(16-11(17)3)20(18,19)15-9-12(5-2)6-7-14/h10,12,15H,4-9H2,1-3H3. The molecule has 0 aliphatic rings. The molecule has 1 aromatic rings. The van der Waals surface area contributed by atoms with Crippen molar-refractivity contribution >= 4 is 26.0 Å². The number of halogens is 1. The molecule has 0 aromatic carbocycles. The van der Waals surface area contributed by atoms with Crippen molar-refractivity contribution in [3.05, 3.63) is 12.0 Å². The van der Waals surface area contributed by atoms with Gasteiger partial charge in [-0.2, -0.15) is 0 Å². The highest BCUT2D eigenvalue weighted by Gasteiger charge is 2.20. The zero-order valence-corrected chi connectivity index (χ0v) is 14.8. The van der Waals surface area contributed by atoms with Gasteiger partial charge < -0.3 is 4.57 Å². The Kier molecular flexibility index (Phi) is 7.19. The van der Waals surface area contributed by atoms with Crippen LogP contribution in [0.2, 0.25) is 0 Å². The Morgan fingerprint density at radius 3 is 2.70 bits per heavy atom. The maximum atomic E-state index is 12.2. The lowest BCUT2D eigenvalue weighted by atomic mass is 10.0. The number of aryl methyl sites for hydroxylation is 2. The van der Waals surface area contributed by atoms with Crippen molar-refractivity contribution in [3.63, 3.8) is 0 Å². The molecule has 0 radical (unpaired) electrons. The topological polar surface area (TPSA) is 64.0 Å². The van der Waals surface area contributed by atoms with Crippen molar-refractivity contribution < 1.29 is 8.42 Å². The van der Waals surface area contributed by atoms with Gasteiger partial charge in [0.25, 0.3) is 10.0 Å². The first-order chi connectivity index (χ1) is 9.44. The average molecular weight is 366 g/mol. The minimum atomic E-state index is -3.50. The molecule has 1 aromatic heterocycles. The van der Waals surface area contributed by atoms with Gasteiger partial charge in [0.05, 0.1) is 0 Å². The molecule has 1 rings (SSSR count). The van der Waals surface area contributed by atoms with Gasteiger partial charge in [-0.05, 0) is 25.7 Å². The molecule has 0 amide bonds. The van der Waals surface area contributed by atoms with E-state index in [4.69, 9.17) is 0 Å². The van der Waals surface area contributed by atoms with E-state index in [-0.39, 0.29) is 5.03 Å². The van der Waals surface area contributed by atoms with E-state index in [1.807, 2.05) is 11.5 Å². The highest BCUT2D eigenvalue weighted by molar-refractivity contribution is 9.09. The summed E-state index contributed by atoms with van der Waals surface area (Å²) in [6.45, 7) is 7.20. The van der Waals surface area contributed by atoms with E-state index in [2.05, 4.69) is 39.5 Å². The van der Waals surface area contributed by atoms with Crippen LogP contribution in [-0.2, 0) is 16.6 Å². The quantitative estimate of drug-likeness (QED) is 0.684. The summed E-state index contributed by atoms with van der Waals surface area (Å²) in [5, 5.41) is 1.01. The summed E-state index contributed by atoms with van der Waals surface area (Å²) in [6.07, 6.45) is 4.49. The van der Waals surface area contributed by atoms with Crippen LogP contribution in [0.5, 0.6) is 0 Å². The maximum Gasteiger partial charge on any atom is 0.259 e. The van der Waals surface area contributed by atoms with E-state index >= 15 is 0 Å². The number of nitrogens with one attached hydrogen (secondary N) is 1. The first-order valence-electron chi connectivity index (χ1n) is 7.04. The van der Waals surface area contributed by atoms with E-state index in [0.29, 0.717) is 12.5 Å². The predicted molar refractivity (Wildman–Crippen MR) is 84.6 cm³/mol. The smallest absolute Gasteiger partial charge is 0.259 e. The number of hydrogen-bond acceptors (Lipinski definition) is 3. The number of alkyl halides is 1. The third-order valence-electron chi connectivity index (χ3n) is 3.35. The van der Waals surface area contributed by atoms with Crippen molar-refractivity contribution in [1.29, 1.82) is 0 Å². The van der Waals surface area contributed by atoms with Crippen LogP contribution in [0.1, 0.15) is 38.9 Å². The lowest BCUT2D eigenvalue weighted by Gasteiger charge is -2.13. The fourth-order valence-corrected chi connectivity index (χ4v) is 3.75. The summed E-state index contributed by atoms with van der Waals surface area (Å²) in [6, 6.07) is 0. The summed E-state index contributed by atoms with van der Waals surface area (Å²) in [4.78, 5) is 4.15. The molecule has 1 N–H and O–H groups in total. The van der Waals surface area contributed by atoms with Crippen LogP contribution >= 0.6 is 15.9 Å². The van der Waals surface area contributed by atoms with Crippen LogP contribution in [0.3, 0.4) is 0 Å². The first-order valence-corrected chi connectivity index (χ1v) is 9.64. The monoisotopic (exact) mass is 365 g/mol. The fourth-order valence-electron chi connectivity index (χ4n) is 1.98. The Morgan fingerprint density at radius 2 is 2.15 bits per heavy atom. The summed E-state index contributed by atoms with van der Waals surface area (Å²) in [5.74, 6) is 1.09. The molecule has 0 saturated heterocycles. The van der Waals surface area contributed by atoms with E-state index in [1.165, 1.54) is 0 Å². The maximum absolute atomic E-state index is 12.2. The largest absolute Gasteiger partial charge is 0.334 e. The van der Waals surface area contributed by atoms with Crippen LogP contribution in [-0.4, -0.2) is 29.8 Å². The fraction of sp³-hybridized carbons (Fsp3) is 0.769. The Balaban J connectivity index is 2.75. The number of imidazole rings is 1. The summed E-state index contributed by atoms with van der Waals surface area (Å²) in [5.41, 5.74) is 0. The van der Waals surface area contributed by atoms with Gasteiger partial charge in [-0.25, -0.2) is 18.1 Å². The number of aromatic nitrogens is 2. The van der Waals surface area contributed by atoms with Crippen LogP contribution in [0.25, 0.3) is 0 Å². The molecule has 1 unspecified atom stereocenters. The third-order valence-corrected chi connectivity index (χ3v) is 5.10. The van der Waals surface area contributed by atoms with Crippen molar-refractivity contribution in [2.24, 2.45) is 5.92 Å². The highest BCUT2D eigenvalue weighted by Crippen LogP contribution is 2.13. The lowest BCUT2D eigenvalue weighted by Crippen LogP contribution is -2.29. The van der Waals surface area contributed by atoms with Crippen LogP contribution < -0.4 is 4.72 Å². The molecule has 1 heterocycles.